The molecule has 0 aliphatic rings. The SMILES string of the molecule is O=C(O)c1ccc(O)c(NC(=O)c2sccc2Cl)c1. The van der Waals surface area contributed by atoms with Gasteiger partial charge < -0.3 is 15.5 Å². The maximum absolute atomic E-state index is 11.9. The molecule has 1 aromatic heterocycles. The van der Waals surface area contributed by atoms with E-state index in [-0.39, 0.29) is 17.0 Å². The van der Waals surface area contributed by atoms with E-state index in [1.165, 1.54) is 18.2 Å². The number of carboxylic acid groups (broad SMARTS) is 1. The van der Waals surface area contributed by atoms with Crippen LogP contribution in [0.25, 0.3) is 0 Å². The van der Waals surface area contributed by atoms with Gasteiger partial charge in [0.2, 0.25) is 0 Å². The normalized spacial score (nSPS) is 10.2. The molecule has 2 rings (SSSR count). The van der Waals surface area contributed by atoms with Gasteiger partial charge in [0.25, 0.3) is 5.91 Å². The monoisotopic (exact) mass is 297 g/mol. The Morgan fingerprint density at radius 2 is 2.00 bits per heavy atom. The van der Waals surface area contributed by atoms with E-state index in [0.29, 0.717) is 9.90 Å². The first-order chi connectivity index (χ1) is 8.99. The van der Waals surface area contributed by atoms with E-state index in [9.17, 15) is 14.7 Å². The Morgan fingerprint density at radius 3 is 2.58 bits per heavy atom. The molecule has 0 aliphatic carbocycles. The molecule has 0 fully saturated rings. The Bertz CT molecular complexity index is 653. The van der Waals surface area contributed by atoms with Crippen LogP contribution in [0.5, 0.6) is 5.75 Å². The first-order valence-corrected chi connectivity index (χ1v) is 6.35. The minimum absolute atomic E-state index is 0.0226. The second kappa shape index (κ2) is 5.29. The van der Waals surface area contributed by atoms with Gasteiger partial charge in [-0.25, -0.2) is 4.79 Å². The number of carbonyl (C=O) groups excluding carboxylic acids is 1. The number of aromatic carboxylic acids is 1. The Balaban J connectivity index is 2.28. The highest BCUT2D eigenvalue weighted by atomic mass is 35.5. The van der Waals surface area contributed by atoms with Gasteiger partial charge in [0.1, 0.15) is 10.6 Å². The number of aromatic hydroxyl groups is 1. The number of halogens is 1. The zero-order chi connectivity index (χ0) is 14.0. The zero-order valence-electron chi connectivity index (χ0n) is 9.38. The minimum atomic E-state index is -1.15. The molecule has 0 unspecified atom stereocenters. The van der Waals surface area contributed by atoms with E-state index in [4.69, 9.17) is 16.7 Å². The van der Waals surface area contributed by atoms with Crippen LogP contribution < -0.4 is 5.32 Å². The molecular weight excluding hydrogens is 290 g/mol. The molecule has 3 N–H and O–H groups in total. The molecule has 0 spiro atoms. The van der Waals surface area contributed by atoms with Crippen molar-refractivity contribution in [2.45, 2.75) is 0 Å². The maximum atomic E-state index is 11.9. The van der Waals surface area contributed by atoms with Crippen molar-refractivity contribution in [3.63, 3.8) is 0 Å². The fraction of sp³-hybridized carbons (Fsp3) is 0. The van der Waals surface area contributed by atoms with Crippen molar-refractivity contribution >= 4 is 40.5 Å². The van der Waals surface area contributed by atoms with Crippen LogP contribution in [0.1, 0.15) is 20.0 Å². The Kier molecular flexibility index (Phi) is 3.73. The molecule has 5 nitrogen and oxygen atoms in total. The lowest BCUT2D eigenvalue weighted by atomic mass is 10.2. The summed E-state index contributed by atoms with van der Waals surface area (Å²) in [6, 6.07) is 5.20. The average Bonchev–Trinajstić information content (AvgIpc) is 2.78. The predicted octanol–water partition coefficient (Wildman–Crippen LogP) is 3.06. The van der Waals surface area contributed by atoms with Gasteiger partial charge in [-0.05, 0) is 29.6 Å². The number of benzene rings is 1. The molecule has 0 saturated carbocycles. The summed E-state index contributed by atoms with van der Waals surface area (Å²) in [5, 5.41) is 22.8. The van der Waals surface area contributed by atoms with Gasteiger partial charge in [0, 0.05) is 0 Å². The predicted molar refractivity (Wildman–Crippen MR) is 72.3 cm³/mol. The third kappa shape index (κ3) is 2.86. The van der Waals surface area contributed by atoms with Gasteiger partial charge in [0.05, 0.1) is 16.3 Å². The summed E-state index contributed by atoms with van der Waals surface area (Å²) in [5.74, 6) is -1.87. The van der Waals surface area contributed by atoms with Crippen LogP contribution in [0.4, 0.5) is 5.69 Å². The fourth-order valence-corrected chi connectivity index (χ4v) is 2.44. The van der Waals surface area contributed by atoms with E-state index >= 15 is 0 Å². The van der Waals surface area contributed by atoms with E-state index < -0.39 is 11.9 Å². The molecule has 19 heavy (non-hydrogen) atoms. The third-order valence-corrected chi connectivity index (χ3v) is 3.66. The van der Waals surface area contributed by atoms with Crippen LogP contribution in [-0.2, 0) is 0 Å². The summed E-state index contributed by atoms with van der Waals surface area (Å²) in [6.07, 6.45) is 0. The number of phenols is 1. The number of phenolic OH excluding ortho intramolecular Hbond substituents is 1. The largest absolute Gasteiger partial charge is 0.506 e. The van der Waals surface area contributed by atoms with E-state index in [0.717, 1.165) is 11.3 Å². The zero-order valence-corrected chi connectivity index (χ0v) is 11.0. The summed E-state index contributed by atoms with van der Waals surface area (Å²) in [4.78, 5) is 23.0. The van der Waals surface area contributed by atoms with Crippen LogP contribution in [-0.4, -0.2) is 22.1 Å². The van der Waals surface area contributed by atoms with Gasteiger partial charge in [-0.15, -0.1) is 11.3 Å². The van der Waals surface area contributed by atoms with Gasteiger partial charge in [-0.3, -0.25) is 4.79 Å². The lowest BCUT2D eigenvalue weighted by molar-refractivity contribution is 0.0696. The van der Waals surface area contributed by atoms with E-state index in [1.54, 1.807) is 11.4 Å². The number of thiophene rings is 1. The van der Waals surface area contributed by atoms with Crippen LogP contribution in [0.15, 0.2) is 29.6 Å². The topological polar surface area (TPSA) is 86.6 Å². The number of amides is 1. The second-order valence-electron chi connectivity index (χ2n) is 3.59. The number of hydrogen-bond acceptors (Lipinski definition) is 4. The molecule has 1 amide bonds. The average molecular weight is 298 g/mol. The summed E-state index contributed by atoms with van der Waals surface area (Å²) >= 11 is 6.97. The lowest BCUT2D eigenvalue weighted by Gasteiger charge is -2.07. The van der Waals surface area contributed by atoms with Crippen LogP contribution >= 0.6 is 22.9 Å². The summed E-state index contributed by atoms with van der Waals surface area (Å²) in [6.45, 7) is 0. The van der Waals surface area contributed by atoms with E-state index in [1.807, 2.05) is 0 Å². The molecule has 0 atom stereocenters. The summed E-state index contributed by atoms with van der Waals surface area (Å²) in [5.41, 5.74) is -0.0141. The smallest absolute Gasteiger partial charge is 0.335 e. The highest BCUT2D eigenvalue weighted by molar-refractivity contribution is 7.12. The second-order valence-corrected chi connectivity index (χ2v) is 4.91. The van der Waals surface area contributed by atoms with Crippen LogP contribution in [0.3, 0.4) is 0 Å². The van der Waals surface area contributed by atoms with Crippen molar-refractivity contribution in [1.82, 2.24) is 0 Å². The highest BCUT2D eigenvalue weighted by Crippen LogP contribution is 2.27. The number of hydrogen-bond donors (Lipinski definition) is 3. The Hall–Kier alpha value is -2.05. The standard InChI is InChI=1S/C12H8ClNO4S/c13-7-3-4-19-10(7)11(16)14-8-5-6(12(17)18)1-2-9(8)15/h1-5,15H,(H,14,16)(H,17,18). The number of nitrogens with one attached hydrogen (secondary N) is 1. The fourth-order valence-electron chi connectivity index (χ4n) is 1.40. The van der Waals surface area contributed by atoms with Crippen molar-refractivity contribution in [3.05, 3.63) is 45.1 Å². The third-order valence-electron chi connectivity index (χ3n) is 2.32. The van der Waals surface area contributed by atoms with Gasteiger partial charge in [-0.2, -0.15) is 0 Å². The molecule has 2 aromatic rings. The molecule has 0 radical (unpaired) electrons. The van der Waals surface area contributed by atoms with Gasteiger partial charge >= 0.3 is 5.97 Å². The molecule has 1 heterocycles. The van der Waals surface area contributed by atoms with Crippen LogP contribution in [0, 0.1) is 0 Å². The highest BCUT2D eigenvalue weighted by Gasteiger charge is 2.15. The Morgan fingerprint density at radius 1 is 1.26 bits per heavy atom. The minimum Gasteiger partial charge on any atom is -0.506 e. The molecule has 98 valence electrons. The van der Waals surface area contributed by atoms with Gasteiger partial charge in [-0.1, -0.05) is 11.6 Å². The lowest BCUT2D eigenvalue weighted by Crippen LogP contribution is -2.11. The molecule has 0 aliphatic heterocycles. The van der Waals surface area contributed by atoms with Crippen molar-refractivity contribution in [3.8, 4) is 5.75 Å². The number of carbonyl (C=O) groups is 2. The molecule has 0 saturated heterocycles. The summed E-state index contributed by atoms with van der Waals surface area (Å²) < 4.78 is 0. The molecule has 0 bridgehead atoms. The number of rotatable bonds is 3. The quantitative estimate of drug-likeness (QED) is 0.760. The van der Waals surface area contributed by atoms with Gasteiger partial charge in [0.15, 0.2) is 0 Å². The first-order valence-electron chi connectivity index (χ1n) is 5.09. The number of anilines is 1. The molecular formula is C12H8ClNO4S. The molecule has 7 heteroatoms. The maximum Gasteiger partial charge on any atom is 0.335 e. The van der Waals surface area contributed by atoms with Crippen molar-refractivity contribution in [2.75, 3.05) is 5.32 Å². The van der Waals surface area contributed by atoms with E-state index in [2.05, 4.69) is 5.32 Å². The number of carboxylic acids is 1. The summed E-state index contributed by atoms with van der Waals surface area (Å²) in [7, 11) is 0. The van der Waals surface area contributed by atoms with Crippen LogP contribution in [0.2, 0.25) is 5.02 Å². The molecule has 1 aromatic carbocycles. The van der Waals surface area contributed by atoms with Crippen molar-refractivity contribution in [2.24, 2.45) is 0 Å². The van der Waals surface area contributed by atoms with Crippen molar-refractivity contribution in [1.29, 1.82) is 0 Å². The first kappa shape index (κ1) is 13.4. The Labute approximate surface area is 117 Å². The van der Waals surface area contributed by atoms with Crippen molar-refractivity contribution < 1.29 is 19.8 Å².